The van der Waals surface area contributed by atoms with E-state index >= 15 is 0 Å². The molecule has 146 valence electrons. The average Bonchev–Trinajstić information content (AvgIpc) is 2.69. The summed E-state index contributed by atoms with van der Waals surface area (Å²) >= 11 is 6.06. The van der Waals surface area contributed by atoms with Gasteiger partial charge in [-0.1, -0.05) is 17.7 Å². The Bertz CT molecular complexity index is 951. The molecule has 2 N–H and O–H groups in total. The van der Waals surface area contributed by atoms with Gasteiger partial charge in [0.25, 0.3) is 0 Å². The first-order valence-corrected chi connectivity index (χ1v) is 9.95. The van der Waals surface area contributed by atoms with Crippen LogP contribution in [0.3, 0.4) is 0 Å². The Hall–Kier alpha value is -2.24. The molecule has 0 aliphatic heterocycles. The fourth-order valence-electron chi connectivity index (χ4n) is 3.86. The Morgan fingerprint density at radius 3 is 2.43 bits per heavy atom. The Kier molecular flexibility index (Phi) is 5.74. The molecule has 0 spiro atoms. The molecule has 3 nitrogen and oxygen atoms in total. The third-order valence-electron chi connectivity index (χ3n) is 5.42. The van der Waals surface area contributed by atoms with Crippen molar-refractivity contribution < 1.29 is 8.78 Å². The highest BCUT2D eigenvalue weighted by Crippen LogP contribution is 2.28. The largest absolute Gasteiger partial charge is 0.382 e. The molecule has 1 aliphatic rings. The van der Waals surface area contributed by atoms with Gasteiger partial charge in [0.15, 0.2) is 0 Å². The summed E-state index contributed by atoms with van der Waals surface area (Å²) in [5, 5.41) is 8.67. The van der Waals surface area contributed by atoms with Gasteiger partial charge in [-0.25, -0.2) is 8.78 Å². The van der Waals surface area contributed by atoms with E-state index in [1.807, 2.05) is 24.3 Å². The van der Waals surface area contributed by atoms with E-state index in [2.05, 4.69) is 15.6 Å². The molecule has 0 amide bonds. The van der Waals surface area contributed by atoms with Gasteiger partial charge < -0.3 is 10.6 Å². The van der Waals surface area contributed by atoms with Crippen LogP contribution in [0.4, 0.5) is 14.5 Å². The second-order valence-corrected chi connectivity index (χ2v) is 7.73. The number of rotatable bonds is 5. The van der Waals surface area contributed by atoms with Crippen molar-refractivity contribution in [3.8, 4) is 0 Å². The van der Waals surface area contributed by atoms with Crippen LogP contribution in [-0.4, -0.2) is 17.1 Å². The predicted octanol–water partition coefficient (Wildman–Crippen LogP) is 5.68. The number of nitrogens with one attached hydrogen (secondary N) is 2. The second-order valence-electron chi connectivity index (χ2n) is 7.29. The molecule has 1 aliphatic carbocycles. The Labute approximate surface area is 168 Å². The van der Waals surface area contributed by atoms with E-state index in [1.54, 1.807) is 6.20 Å². The molecule has 0 bridgehead atoms. The number of nitrogens with zero attached hydrogens (tertiary/aromatic N) is 1. The van der Waals surface area contributed by atoms with Crippen LogP contribution in [0.15, 0.2) is 48.7 Å². The van der Waals surface area contributed by atoms with Crippen LogP contribution in [0, 0.1) is 11.6 Å². The lowest BCUT2D eigenvalue weighted by molar-refractivity contribution is 0.349. The maximum atomic E-state index is 13.8. The van der Waals surface area contributed by atoms with Crippen molar-refractivity contribution in [3.05, 3.63) is 70.9 Å². The molecule has 4 rings (SSSR count). The topological polar surface area (TPSA) is 37.0 Å². The average molecular weight is 402 g/mol. The molecule has 6 heteroatoms. The number of aromatic nitrogens is 1. The summed E-state index contributed by atoms with van der Waals surface area (Å²) in [6.07, 6.45) is 5.70. The molecule has 28 heavy (non-hydrogen) atoms. The molecule has 2 aromatic carbocycles. The minimum Gasteiger partial charge on any atom is -0.382 e. The van der Waals surface area contributed by atoms with E-state index in [9.17, 15) is 8.78 Å². The van der Waals surface area contributed by atoms with Gasteiger partial charge in [-0.15, -0.1) is 0 Å². The normalized spacial score (nSPS) is 19.7. The minimum absolute atomic E-state index is 0.115. The first kappa shape index (κ1) is 19.1. The van der Waals surface area contributed by atoms with Gasteiger partial charge in [0.05, 0.1) is 5.52 Å². The zero-order valence-electron chi connectivity index (χ0n) is 15.4. The SMILES string of the molecule is Fc1cccc(F)c1CN[C@H]1CC[C@H](Nc2ccnc3cc(Cl)ccc23)CC1. The number of anilines is 1. The molecule has 0 radical (unpaired) electrons. The Morgan fingerprint density at radius 2 is 1.68 bits per heavy atom. The van der Waals surface area contributed by atoms with Crippen molar-refractivity contribution in [3.63, 3.8) is 0 Å². The molecule has 1 saturated carbocycles. The number of benzene rings is 2. The van der Waals surface area contributed by atoms with Gasteiger partial charge in [-0.05, 0) is 62.1 Å². The third-order valence-corrected chi connectivity index (χ3v) is 5.66. The highest BCUT2D eigenvalue weighted by Gasteiger charge is 2.22. The first-order valence-electron chi connectivity index (χ1n) is 9.57. The maximum Gasteiger partial charge on any atom is 0.130 e. The van der Waals surface area contributed by atoms with Crippen LogP contribution in [0.25, 0.3) is 10.9 Å². The van der Waals surface area contributed by atoms with Crippen molar-refractivity contribution in [2.45, 2.75) is 44.3 Å². The smallest absolute Gasteiger partial charge is 0.130 e. The molecule has 1 fully saturated rings. The van der Waals surface area contributed by atoms with Crippen molar-refractivity contribution in [2.75, 3.05) is 5.32 Å². The van der Waals surface area contributed by atoms with E-state index < -0.39 is 11.6 Å². The summed E-state index contributed by atoms with van der Waals surface area (Å²) in [6.45, 7) is 0.219. The second kappa shape index (κ2) is 8.41. The van der Waals surface area contributed by atoms with Crippen molar-refractivity contribution in [1.82, 2.24) is 10.3 Å². The van der Waals surface area contributed by atoms with Crippen molar-refractivity contribution in [2.24, 2.45) is 0 Å². The molecule has 0 unspecified atom stereocenters. The summed E-state index contributed by atoms with van der Waals surface area (Å²) in [5.74, 6) is -0.986. The van der Waals surface area contributed by atoms with Gasteiger partial charge >= 0.3 is 0 Å². The van der Waals surface area contributed by atoms with E-state index in [0.717, 1.165) is 42.3 Å². The quantitative estimate of drug-likeness (QED) is 0.577. The fourth-order valence-corrected chi connectivity index (χ4v) is 4.02. The van der Waals surface area contributed by atoms with Crippen molar-refractivity contribution >= 4 is 28.2 Å². The summed E-state index contributed by atoms with van der Waals surface area (Å²) in [6, 6.07) is 12.3. The number of halogens is 3. The minimum atomic E-state index is -0.493. The molecular weight excluding hydrogens is 380 g/mol. The number of pyridine rings is 1. The fraction of sp³-hybridized carbons (Fsp3) is 0.318. The molecule has 0 atom stereocenters. The number of hydrogen-bond acceptors (Lipinski definition) is 3. The van der Waals surface area contributed by atoms with Gasteiger partial charge in [0, 0.05) is 46.5 Å². The zero-order chi connectivity index (χ0) is 19.5. The predicted molar refractivity (Wildman–Crippen MR) is 110 cm³/mol. The van der Waals surface area contributed by atoms with Crippen LogP contribution < -0.4 is 10.6 Å². The van der Waals surface area contributed by atoms with Crippen LogP contribution in [-0.2, 0) is 6.54 Å². The van der Waals surface area contributed by atoms with Crippen LogP contribution >= 0.6 is 11.6 Å². The lowest BCUT2D eigenvalue weighted by Gasteiger charge is -2.30. The lowest BCUT2D eigenvalue weighted by atomic mass is 9.90. The lowest BCUT2D eigenvalue weighted by Crippen LogP contribution is -2.37. The Morgan fingerprint density at radius 1 is 0.964 bits per heavy atom. The van der Waals surface area contributed by atoms with Gasteiger partial charge in [0.2, 0.25) is 0 Å². The molecule has 3 aromatic rings. The van der Waals surface area contributed by atoms with E-state index in [1.165, 1.54) is 18.2 Å². The van der Waals surface area contributed by atoms with Crippen molar-refractivity contribution in [1.29, 1.82) is 0 Å². The standard InChI is InChI=1S/C22H22ClF2N3/c23-14-4-9-17-21(10-11-26-22(17)12-14)28-16-7-5-15(6-8-16)27-13-18-19(24)2-1-3-20(18)25/h1-4,9-12,15-16,27H,5-8,13H2,(H,26,28)/t15-,16-. The Balaban J connectivity index is 1.34. The van der Waals surface area contributed by atoms with Gasteiger partial charge in [0.1, 0.15) is 11.6 Å². The van der Waals surface area contributed by atoms with E-state index in [-0.39, 0.29) is 18.2 Å². The summed E-state index contributed by atoms with van der Waals surface area (Å²) in [7, 11) is 0. The molecule has 1 aromatic heterocycles. The first-order chi connectivity index (χ1) is 13.6. The van der Waals surface area contributed by atoms with Crippen LogP contribution in [0.1, 0.15) is 31.2 Å². The number of hydrogen-bond donors (Lipinski definition) is 2. The molecular formula is C22H22ClF2N3. The maximum absolute atomic E-state index is 13.8. The zero-order valence-corrected chi connectivity index (χ0v) is 16.1. The molecule has 1 heterocycles. The third kappa shape index (κ3) is 4.26. The van der Waals surface area contributed by atoms with Gasteiger partial charge in [-0.3, -0.25) is 4.98 Å². The van der Waals surface area contributed by atoms with Crippen LogP contribution in [0.5, 0.6) is 0 Å². The van der Waals surface area contributed by atoms with Gasteiger partial charge in [-0.2, -0.15) is 0 Å². The van der Waals surface area contributed by atoms with E-state index in [4.69, 9.17) is 11.6 Å². The van der Waals surface area contributed by atoms with Crippen LogP contribution in [0.2, 0.25) is 5.02 Å². The summed E-state index contributed by atoms with van der Waals surface area (Å²) in [5.41, 5.74) is 2.05. The van der Waals surface area contributed by atoms with E-state index in [0.29, 0.717) is 11.1 Å². The highest BCUT2D eigenvalue weighted by molar-refractivity contribution is 6.31. The summed E-state index contributed by atoms with van der Waals surface area (Å²) < 4.78 is 27.5. The summed E-state index contributed by atoms with van der Waals surface area (Å²) in [4.78, 5) is 4.38. The monoisotopic (exact) mass is 401 g/mol. The molecule has 0 saturated heterocycles. The number of fused-ring (bicyclic) bond motifs is 1. The highest BCUT2D eigenvalue weighted by atomic mass is 35.5.